The van der Waals surface area contributed by atoms with Crippen molar-refractivity contribution in [3.8, 4) is 17.1 Å². The molecule has 0 saturated heterocycles. The molecule has 0 fully saturated rings. The topological polar surface area (TPSA) is 60.1 Å². The lowest BCUT2D eigenvalue weighted by Gasteiger charge is -2.11. The third kappa shape index (κ3) is 4.48. The molecule has 0 spiro atoms. The number of furan rings is 1. The predicted molar refractivity (Wildman–Crippen MR) is 107 cm³/mol. The van der Waals surface area contributed by atoms with Gasteiger partial charge in [-0.2, -0.15) is 5.10 Å². The molecule has 3 rings (SSSR count). The SMILES string of the molecule is CCCCCCNC(=O)c1cc(-c2ccco2)nn1-c1ccc(C)cc1C. The Morgan fingerprint density at radius 3 is 2.70 bits per heavy atom. The van der Waals surface area contributed by atoms with Gasteiger partial charge in [0.1, 0.15) is 11.4 Å². The van der Waals surface area contributed by atoms with Crippen LogP contribution in [0.3, 0.4) is 0 Å². The van der Waals surface area contributed by atoms with Crippen LogP contribution < -0.4 is 5.32 Å². The summed E-state index contributed by atoms with van der Waals surface area (Å²) in [6, 6.07) is 11.6. The van der Waals surface area contributed by atoms with E-state index in [4.69, 9.17) is 4.42 Å². The number of rotatable bonds is 8. The second-order valence-electron chi connectivity index (χ2n) is 6.91. The fourth-order valence-electron chi connectivity index (χ4n) is 3.16. The van der Waals surface area contributed by atoms with E-state index in [-0.39, 0.29) is 5.91 Å². The summed E-state index contributed by atoms with van der Waals surface area (Å²) in [4.78, 5) is 12.8. The number of hydrogen-bond acceptors (Lipinski definition) is 3. The molecule has 1 aromatic carbocycles. The summed E-state index contributed by atoms with van der Waals surface area (Å²) in [6.45, 7) is 6.94. The van der Waals surface area contributed by atoms with E-state index >= 15 is 0 Å². The van der Waals surface area contributed by atoms with Crippen molar-refractivity contribution in [1.29, 1.82) is 0 Å². The lowest BCUT2D eigenvalue weighted by molar-refractivity contribution is 0.0945. The number of carbonyl (C=O) groups is 1. The van der Waals surface area contributed by atoms with Gasteiger partial charge >= 0.3 is 0 Å². The molecule has 0 saturated carbocycles. The Morgan fingerprint density at radius 1 is 1.15 bits per heavy atom. The van der Waals surface area contributed by atoms with E-state index in [9.17, 15) is 4.79 Å². The Hall–Kier alpha value is -2.82. The first kappa shape index (κ1) is 19.0. The summed E-state index contributed by atoms with van der Waals surface area (Å²) in [5.74, 6) is 0.535. The van der Waals surface area contributed by atoms with Gasteiger partial charge in [-0.25, -0.2) is 4.68 Å². The molecule has 0 radical (unpaired) electrons. The summed E-state index contributed by atoms with van der Waals surface area (Å²) in [5.41, 5.74) is 4.31. The first-order valence-corrected chi connectivity index (χ1v) is 9.60. The van der Waals surface area contributed by atoms with E-state index in [1.807, 2.05) is 31.2 Å². The van der Waals surface area contributed by atoms with Crippen molar-refractivity contribution in [1.82, 2.24) is 15.1 Å². The number of benzene rings is 1. The van der Waals surface area contributed by atoms with Crippen LogP contribution in [0.25, 0.3) is 17.1 Å². The molecule has 0 aliphatic heterocycles. The number of aromatic nitrogens is 2. The fraction of sp³-hybridized carbons (Fsp3) is 0.364. The molecular weight excluding hydrogens is 338 g/mol. The molecule has 5 heteroatoms. The quantitative estimate of drug-likeness (QED) is 0.568. The third-order valence-corrected chi connectivity index (χ3v) is 4.61. The second-order valence-corrected chi connectivity index (χ2v) is 6.91. The zero-order chi connectivity index (χ0) is 19.2. The van der Waals surface area contributed by atoms with Gasteiger partial charge in [0, 0.05) is 12.6 Å². The zero-order valence-corrected chi connectivity index (χ0v) is 16.3. The number of unbranched alkanes of at least 4 members (excludes halogenated alkanes) is 3. The van der Waals surface area contributed by atoms with Crippen LogP contribution in [0.15, 0.2) is 47.1 Å². The molecule has 1 amide bonds. The first-order valence-electron chi connectivity index (χ1n) is 9.60. The molecule has 3 aromatic rings. The van der Waals surface area contributed by atoms with Crippen molar-refractivity contribution in [3.05, 3.63) is 59.5 Å². The van der Waals surface area contributed by atoms with Crippen molar-refractivity contribution in [2.75, 3.05) is 6.54 Å². The van der Waals surface area contributed by atoms with Crippen LogP contribution in [0.4, 0.5) is 0 Å². The number of nitrogens with zero attached hydrogens (tertiary/aromatic N) is 2. The van der Waals surface area contributed by atoms with E-state index in [2.05, 4.69) is 30.3 Å². The summed E-state index contributed by atoms with van der Waals surface area (Å²) in [5, 5.41) is 7.68. The number of aryl methyl sites for hydroxylation is 2. The van der Waals surface area contributed by atoms with Gasteiger partial charge in [0.25, 0.3) is 5.91 Å². The van der Waals surface area contributed by atoms with Crippen LogP contribution in [-0.2, 0) is 0 Å². The summed E-state index contributed by atoms with van der Waals surface area (Å²) in [6.07, 6.45) is 6.10. The lowest BCUT2D eigenvalue weighted by Crippen LogP contribution is -2.27. The van der Waals surface area contributed by atoms with Crippen LogP contribution in [0.5, 0.6) is 0 Å². The fourth-order valence-corrected chi connectivity index (χ4v) is 3.16. The van der Waals surface area contributed by atoms with Crippen LogP contribution in [0, 0.1) is 13.8 Å². The first-order chi connectivity index (χ1) is 13.1. The molecule has 27 heavy (non-hydrogen) atoms. The average Bonchev–Trinajstić information content (AvgIpc) is 3.31. The molecule has 142 valence electrons. The largest absolute Gasteiger partial charge is 0.463 e. The van der Waals surface area contributed by atoms with Crippen LogP contribution in [-0.4, -0.2) is 22.2 Å². The highest BCUT2D eigenvalue weighted by atomic mass is 16.3. The molecule has 0 bridgehead atoms. The predicted octanol–water partition coefficient (Wildman–Crippen LogP) is 5.06. The molecule has 1 N–H and O–H groups in total. The van der Waals surface area contributed by atoms with Gasteiger partial charge in [-0.15, -0.1) is 0 Å². The van der Waals surface area contributed by atoms with Crippen molar-refractivity contribution < 1.29 is 9.21 Å². The van der Waals surface area contributed by atoms with Crippen LogP contribution in [0.1, 0.15) is 54.2 Å². The van der Waals surface area contributed by atoms with E-state index in [0.29, 0.717) is 23.7 Å². The Kier molecular flexibility index (Phi) is 6.12. The summed E-state index contributed by atoms with van der Waals surface area (Å²) >= 11 is 0. The highest BCUT2D eigenvalue weighted by Crippen LogP contribution is 2.24. The molecule has 0 unspecified atom stereocenters. The van der Waals surface area contributed by atoms with Crippen LogP contribution >= 0.6 is 0 Å². The summed E-state index contributed by atoms with van der Waals surface area (Å²) < 4.78 is 7.19. The van der Waals surface area contributed by atoms with Gasteiger partial charge in [0.05, 0.1) is 12.0 Å². The normalized spacial score (nSPS) is 10.9. The van der Waals surface area contributed by atoms with Crippen molar-refractivity contribution in [2.45, 2.75) is 46.5 Å². The Morgan fingerprint density at radius 2 is 2.00 bits per heavy atom. The van der Waals surface area contributed by atoms with E-state index in [1.165, 1.54) is 18.4 Å². The van der Waals surface area contributed by atoms with E-state index in [0.717, 1.165) is 24.1 Å². The monoisotopic (exact) mass is 365 g/mol. The van der Waals surface area contributed by atoms with Gasteiger partial charge in [-0.05, 0) is 44.0 Å². The molecule has 2 heterocycles. The van der Waals surface area contributed by atoms with E-state index < -0.39 is 0 Å². The van der Waals surface area contributed by atoms with Gasteiger partial charge in [-0.1, -0.05) is 43.9 Å². The number of nitrogens with one attached hydrogen (secondary N) is 1. The molecule has 2 aromatic heterocycles. The Labute approximate surface area is 160 Å². The molecule has 0 aliphatic rings. The minimum Gasteiger partial charge on any atom is -0.463 e. The zero-order valence-electron chi connectivity index (χ0n) is 16.3. The third-order valence-electron chi connectivity index (χ3n) is 4.61. The summed E-state index contributed by atoms with van der Waals surface area (Å²) in [7, 11) is 0. The van der Waals surface area contributed by atoms with Gasteiger partial charge in [-0.3, -0.25) is 4.79 Å². The second kappa shape index (κ2) is 8.71. The van der Waals surface area contributed by atoms with Gasteiger partial charge in [0.2, 0.25) is 0 Å². The van der Waals surface area contributed by atoms with Crippen molar-refractivity contribution >= 4 is 5.91 Å². The maximum atomic E-state index is 12.8. The Bertz CT molecular complexity index is 894. The lowest BCUT2D eigenvalue weighted by atomic mass is 10.1. The van der Waals surface area contributed by atoms with Crippen molar-refractivity contribution in [2.24, 2.45) is 0 Å². The van der Waals surface area contributed by atoms with E-state index in [1.54, 1.807) is 17.0 Å². The maximum Gasteiger partial charge on any atom is 0.270 e. The minimum atomic E-state index is -0.114. The molecular formula is C22H27N3O2. The van der Waals surface area contributed by atoms with Crippen LogP contribution in [0.2, 0.25) is 0 Å². The van der Waals surface area contributed by atoms with Gasteiger partial charge < -0.3 is 9.73 Å². The maximum absolute atomic E-state index is 12.8. The number of hydrogen-bond donors (Lipinski definition) is 1. The highest BCUT2D eigenvalue weighted by molar-refractivity contribution is 5.94. The molecule has 0 aliphatic carbocycles. The van der Waals surface area contributed by atoms with Gasteiger partial charge in [0.15, 0.2) is 5.76 Å². The number of amides is 1. The molecule has 5 nitrogen and oxygen atoms in total. The number of carbonyl (C=O) groups excluding carboxylic acids is 1. The molecule has 0 atom stereocenters. The highest BCUT2D eigenvalue weighted by Gasteiger charge is 2.19. The average molecular weight is 365 g/mol. The smallest absolute Gasteiger partial charge is 0.270 e. The van der Waals surface area contributed by atoms with Crippen molar-refractivity contribution in [3.63, 3.8) is 0 Å². The Balaban J connectivity index is 1.90. The minimum absolute atomic E-state index is 0.114. The standard InChI is InChI=1S/C22H27N3O2/c1-4-5-6-7-12-23-22(26)20-15-18(21-9-8-13-27-21)24-25(20)19-11-10-16(2)14-17(19)3/h8-11,13-15H,4-7,12H2,1-3H3,(H,23,26).